The second kappa shape index (κ2) is 9.85. The molecule has 8 nitrogen and oxygen atoms in total. The number of hydrogen-bond donors (Lipinski definition) is 2. The van der Waals surface area contributed by atoms with Gasteiger partial charge in [0.25, 0.3) is 0 Å². The molecule has 8 heteroatoms. The molecular weight excluding hydrogens is 434 g/mol. The Kier molecular flexibility index (Phi) is 6.49. The largest absolute Gasteiger partial charge is 0.486 e. The lowest BCUT2D eigenvalue weighted by Crippen LogP contribution is -2.32. The zero-order valence-electron chi connectivity index (χ0n) is 19.2. The van der Waals surface area contributed by atoms with E-state index in [1.807, 2.05) is 30.3 Å². The van der Waals surface area contributed by atoms with E-state index in [1.54, 1.807) is 19.4 Å². The van der Waals surface area contributed by atoms with Gasteiger partial charge in [0.05, 0.1) is 24.2 Å². The van der Waals surface area contributed by atoms with Gasteiger partial charge in [-0.05, 0) is 61.4 Å². The topological polar surface area (TPSA) is 103 Å². The number of methoxy groups -OCH3 is 1. The normalized spacial score (nSPS) is 20.5. The van der Waals surface area contributed by atoms with E-state index in [-0.39, 0.29) is 17.7 Å². The first-order valence-corrected chi connectivity index (χ1v) is 11.8. The Morgan fingerprint density at radius 1 is 1.12 bits per heavy atom. The fraction of sp³-hybridized carbons (Fsp3) is 0.423. The van der Waals surface area contributed by atoms with E-state index in [0.717, 1.165) is 42.3 Å². The van der Waals surface area contributed by atoms with Crippen LogP contribution in [-0.4, -0.2) is 47.4 Å². The van der Waals surface area contributed by atoms with Crippen LogP contribution in [0.3, 0.4) is 0 Å². The Bertz CT molecular complexity index is 1180. The number of benzene rings is 1. The summed E-state index contributed by atoms with van der Waals surface area (Å²) in [6.07, 6.45) is 4.86. The van der Waals surface area contributed by atoms with Crippen molar-refractivity contribution in [2.75, 3.05) is 25.6 Å². The molecule has 3 aromatic rings. The first-order valence-electron chi connectivity index (χ1n) is 11.8. The summed E-state index contributed by atoms with van der Waals surface area (Å²) in [4.78, 5) is 21.7. The van der Waals surface area contributed by atoms with Crippen LogP contribution in [0.2, 0.25) is 0 Å². The van der Waals surface area contributed by atoms with Gasteiger partial charge in [-0.2, -0.15) is 0 Å². The van der Waals surface area contributed by atoms with Gasteiger partial charge in [-0.15, -0.1) is 0 Å². The van der Waals surface area contributed by atoms with Crippen molar-refractivity contribution in [2.24, 2.45) is 11.8 Å². The number of aliphatic hydroxyl groups is 1. The highest BCUT2D eigenvalue weighted by molar-refractivity contribution is 5.93. The molecule has 0 unspecified atom stereocenters. The predicted octanol–water partition coefficient (Wildman–Crippen LogP) is 3.76. The maximum Gasteiger partial charge on any atom is 0.227 e. The van der Waals surface area contributed by atoms with Crippen molar-refractivity contribution < 1.29 is 24.1 Å². The molecule has 2 aromatic heterocycles. The van der Waals surface area contributed by atoms with Gasteiger partial charge >= 0.3 is 0 Å². The van der Waals surface area contributed by atoms with Gasteiger partial charge in [0.2, 0.25) is 11.8 Å². The molecule has 3 heterocycles. The molecule has 0 saturated heterocycles. The summed E-state index contributed by atoms with van der Waals surface area (Å²) in [6, 6.07) is 11.0. The summed E-state index contributed by atoms with van der Waals surface area (Å²) in [5, 5.41) is 14.0. The molecule has 2 aliphatic rings. The standard InChI is InChI=1S/C26H29N3O5/c1-32-24-9-7-20-25(29-24)18(10-11-27-20)14-21(30)16-2-4-17(5-3-16)26(31)28-19-6-8-22-23(15-19)34-13-12-33-22/h6-11,15-17,21,30H,2-5,12-14H2,1H3,(H,28,31)/t16?,17?,21-/m0/s1. The number of ether oxygens (including phenoxy) is 3. The number of nitrogens with one attached hydrogen (secondary N) is 1. The molecule has 0 bridgehead atoms. The molecule has 0 radical (unpaired) electrons. The number of anilines is 1. The Hall–Kier alpha value is -3.39. The van der Waals surface area contributed by atoms with Gasteiger partial charge < -0.3 is 24.6 Å². The molecule has 1 saturated carbocycles. The van der Waals surface area contributed by atoms with Crippen LogP contribution in [0.5, 0.6) is 17.4 Å². The molecule has 1 fully saturated rings. The number of hydrogen-bond acceptors (Lipinski definition) is 7. The Morgan fingerprint density at radius 2 is 1.91 bits per heavy atom. The van der Waals surface area contributed by atoms with E-state index in [9.17, 15) is 9.90 Å². The number of rotatable bonds is 6. The van der Waals surface area contributed by atoms with E-state index in [1.165, 1.54) is 0 Å². The zero-order chi connectivity index (χ0) is 23.5. The highest BCUT2D eigenvalue weighted by Crippen LogP contribution is 2.35. The van der Waals surface area contributed by atoms with Crippen molar-refractivity contribution >= 4 is 22.6 Å². The molecule has 178 valence electrons. The molecule has 34 heavy (non-hydrogen) atoms. The Labute approximate surface area is 198 Å². The number of nitrogens with zero attached hydrogens (tertiary/aromatic N) is 2. The lowest BCUT2D eigenvalue weighted by molar-refractivity contribution is -0.121. The first-order chi connectivity index (χ1) is 16.6. The monoisotopic (exact) mass is 463 g/mol. The molecule has 1 atom stereocenters. The van der Waals surface area contributed by atoms with E-state index in [4.69, 9.17) is 14.2 Å². The molecule has 1 aliphatic heterocycles. The number of carbonyl (C=O) groups is 1. The van der Waals surface area contributed by atoms with E-state index in [0.29, 0.717) is 42.7 Å². The van der Waals surface area contributed by atoms with Crippen LogP contribution in [0.1, 0.15) is 31.2 Å². The quantitative estimate of drug-likeness (QED) is 0.574. The number of carbonyl (C=O) groups excluding carboxylic acids is 1. The number of fused-ring (bicyclic) bond motifs is 2. The maximum atomic E-state index is 12.8. The van der Waals surface area contributed by atoms with Crippen molar-refractivity contribution in [3.8, 4) is 17.4 Å². The minimum Gasteiger partial charge on any atom is -0.486 e. The van der Waals surface area contributed by atoms with Gasteiger partial charge in [-0.3, -0.25) is 9.78 Å². The maximum absolute atomic E-state index is 12.8. The van der Waals surface area contributed by atoms with Crippen molar-refractivity contribution in [1.29, 1.82) is 0 Å². The van der Waals surface area contributed by atoms with Crippen LogP contribution in [0.4, 0.5) is 5.69 Å². The van der Waals surface area contributed by atoms with Gasteiger partial charge in [0.15, 0.2) is 11.5 Å². The van der Waals surface area contributed by atoms with Gasteiger partial charge in [-0.25, -0.2) is 4.98 Å². The second-order valence-electron chi connectivity index (χ2n) is 8.92. The van der Waals surface area contributed by atoms with E-state index >= 15 is 0 Å². The predicted molar refractivity (Wildman–Crippen MR) is 127 cm³/mol. The zero-order valence-corrected chi connectivity index (χ0v) is 19.2. The third-order valence-electron chi connectivity index (χ3n) is 6.78. The molecule has 0 spiro atoms. The second-order valence-corrected chi connectivity index (χ2v) is 8.92. The highest BCUT2D eigenvalue weighted by Gasteiger charge is 2.30. The summed E-state index contributed by atoms with van der Waals surface area (Å²) < 4.78 is 16.4. The molecule has 5 rings (SSSR count). The fourth-order valence-electron chi connectivity index (χ4n) is 4.86. The SMILES string of the molecule is COc1ccc2nccc(C[C@H](O)C3CCC(C(=O)Nc4ccc5c(c4)OCCO5)CC3)c2n1. The average molecular weight is 464 g/mol. The lowest BCUT2D eigenvalue weighted by atomic mass is 9.77. The van der Waals surface area contributed by atoms with Crippen LogP contribution in [0, 0.1) is 11.8 Å². The summed E-state index contributed by atoms with van der Waals surface area (Å²) in [5.41, 5.74) is 3.21. The molecule has 1 aliphatic carbocycles. The van der Waals surface area contributed by atoms with Crippen LogP contribution >= 0.6 is 0 Å². The number of aromatic nitrogens is 2. The fourth-order valence-corrected chi connectivity index (χ4v) is 4.86. The summed E-state index contributed by atoms with van der Waals surface area (Å²) in [6.45, 7) is 1.05. The lowest BCUT2D eigenvalue weighted by Gasteiger charge is -2.31. The average Bonchev–Trinajstić information content (AvgIpc) is 2.88. The Balaban J connectivity index is 1.17. The van der Waals surface area contributed by atoms with Gasteiger partial charge in [0.1, 0.15) is 13.2 Å². The minimum atomic E-state index is -0.500. The third kappa shape index (κ3) is 4.77. The van der Waals surface area contributed by atoms with Crippen LogP contribution in [0.25, 0.3) is 11.0 Å². The number of aliphatic hydroxyl groups excluding tert-OH is 1. The smallest absolute Gasteiger partial charge is 0.227 e. The Morgan fingerprint density at radius 3 is 2.71 bits per heavy atom. The number of amides is 1. The van der Waals surface area contributed by atoms with Crippen LogP contribution in [-0.2, 0) is 11.2 Å². The van der Waals surface area contributed by atoms with Crippen molar-refractivity contribution in [3.63, 3.8) is 0 Å². The highest BCUT2D eigenvalue weighted by atomic mass is 16.6. The van der Waals surface area contributed by atoms with E-state index < -0.39 is 6.10 Å². The van der Waals surface area contributed by atoms with Crippen LogP contribution in [0.15, 0.2) is 42.6 Å². The van der Waals surface area contributed by atoms with Gasteiger partial charge in [-0.1, -0.05) is 0 Å². The summed E-state index contributed by atoms with van der Waals surface area (Å²) in [7, 11) is 1.58. The third-order valence-corrected chi connectivity index (χ3v) is 6.78. The first kappa shape index (κ1) is 22.4. The van der Waals surface area contributed by atoms with Crippen molar-refractivity contribution in [2.45, 2.75) is 38.2 Å². The van der Waals surface area contributed by atoms with Crippen LogP contribution < -0.4 is 19.5 Å². The summed E-state index contributed by atoms with van der Waals surface area (Å²) >= 11 is 0. The molecule has 2 N–H and O–H groups in total. The van der Waals surface area contributed by atoms with Crippen molar-refractivity contribution in [1.82, 2.24) is 9.97 Å². The van der Waals surface area contributed by atoms with Gasteiger partial charge in [0, 0.05) is 36.4 Å². The molecular formula is C26H29N3O5. The van der Waals surface area contributed by atoms with E-state index in [2.05, 4.69) is 15.3 Å². The summed E-state index contributed by atoms with van der Waals surface area (Å²) in [5.74, 6) is 1.99. The number of pyridine rings is 2. The van der Waals surface area contributed by atoms with Crippen molar-refractivity contribution in [3.05, 3.63) is 48.2 Å². The molecule has 1 aromatic carbocycles. The minimum absolute atomic E-state index is 0.0149. The molecule has 1 amide bonds.